The molecule has 1 nitrogen and oxygen atoms in total. The van der Waals surface area contributed by atoms with Gasteiger partial charge in [-0.2, -0.15) is 0 Å². The summed E-state index contributed by atoms with van der Waals surface area (Å²) >= 11 is 12.1. The summed E-state index contributed by atoms with van der Waals surface area (Å²) in [5.41, 5.74) is 3.36. The minimum absolute atomic E-state index is 0.347. The third kappa shape index (κ3) is 2.86. The first-order valence-electron chi connectivity index (χ1n) is 5.84. The van der Waals surface area contributed by atoms with Crippen LogP contribution in [0.3, 0.4) is 0 Å². The molecule has 0 radical (unpaired) electrons. The molecule has 94 valence electrons. The van der Waals surface area contributed by atoms with Gasteiger partial charge in [0.1, 0.15) is 0 Å². The lowest BCUT2D eigenvalue weighted by Gasteiger charge is -2.11. The van der Waals surface area contributed by atoms with Crippen molar-refractivity contribution in [1.82, 2.24) is 5.32 Å². The maximum atomic E-state index is 6.20. The van der Waals surface area contributed by atoms with Crippen LogP contribution in [0.1, 0.15) is 18.5 Å². The highest BCUT2D eigenvalue weighted by atomic mass is 35.5. The van der Waals surface area contributed by atoms with E-state index in [1.165, 1.54) is 5.56 Å². The van der Waals surface area contributed by atoms with Crippen molar-refractivity contribution >= 4 is 23.2 Å². The van der Waals surface area contributed by atoms with Crippen molar-refractivity contribution in [2.45, 2.75) is 13.0 Å². The van der Waals surface area contributed by atoms with E-state index in [2.05, 4.69) is 36.5 Å². The van der Waals surface area contributed by atoms with Crippen LogP contribution in [-0.2, 0) is 0 Å². The summed E-state index contributed by atoms with van der Waals surface area (Å²) in [6.45, 7) is 2.13. The van der Waals surface area contributed by atoms with Crippen molar-refractivity contribution < 1.29 is 0 Å². The predicted molar refractivity (Wildman–Crippen MR) is 79.4 cm³/mol. The summed E-state index contributed by atoms with van der Waals surface area (Å²) in [4.78, 5) is 0. The van der Waals surface area contributed by atoms with Crippen LogP contribution in [0.15, 0.2) is 42.5 Å². The van der Waals surface area contributed by atoms with Gasteiger partial charge < -0.3 is 5.32 Å². The molecule has 0 saturated heterocycles. The Balaban J connectivity index is 2.34. The Morgan fingerprint density at radius 3 is 2.22 bits per heavy atom. The maximum Gasteiger partial charge on any atom is 0.0499 e. The molecule has 1 unspecified atom stereocenters. The molecule has 0 aliphatic rings. The first-order valence-corrected chi connectivity index (χ1v) is 6.60. The van der Waals surface area contributed by atoms with Crippen molar-refractivity contribution in [3.63, 3.8) is 0 Å². The fraction of sp³-hybridized carbons (Fsp3) is 0.200. The maximum absolute atomic E-state index is 6.20. The standard InChI is InChI=1S/C15H15Cl2N/c1-10(18-2)11-3-5-12(6-4-11)14-8-7-13(16)9-15(14)17/h3-10,18H,1-2H3. The van der Waals surface area contributed by atoms with Crippen molar-refractivity contribution in [3.8, 4) is 11.1 Å². The molecule has 0 bridgehead atoms. The van der Waals surface area contributed by atoms with E-state index in [-0.39, 0.29) is 0 Å². The van der Waals surface area contributed by atoms with Crippen molar-refractivity contribution in [3.05, 3.63) is 58.1 Å². The second-order valence-electron chi connectivity index (χ2n) is 4.26. The molecule has 0 spiro atoms. The molecule has 0 amide bonds. The summed E-state index contributed by atoms with van der Waals surface area (Å²) in [6, 6.07) is 14.3. The lowest BCUT2D eigenvalue weighted by Crippen LogP contribution is -2.11. The van der Waals surface area contributed by atoms with E-state index >= 15 is 0 Å². The minimum Gasteiger partial charge on any atom is -0.313 e. The number of nitrogens with one attached hydrogen (secondary N) is 1. The van der Waals surface area contributed by atoms with Gasteiger partial charge in [0.2, 0.25) is 0 Å². The Kier molecular flexibility index (Phi) is 4.28. The van der Waals surface area contributed by atoms with Crippen molar-refractivity contribution in [2.24, 2.45) is 0 Å². The SMILES string of the molecule is CNC(C)c1ccc(-c2ccc(Cl)cc2Cl)cc1. The Morgan fingerprint density at radius 2 is 1.67 bits per heavy atom. The van der Waals surface area contributed by atoms with E-state index in [1.807, 2.05) is 19.2 Å². The molecule has 2 rings (SSSR count). The molecule has 2 aromatic carbocycles. The van der Waals surface area contributed by atoms with Gasteiger partial charge in [0, 0.05) is 21.7 Å². The highest BCUT2D eigenvalue weighted by Crippen LogP contribution is 2.30. The molecule has 2 aromatic rings. The van der Waals surface area contributed by atoms with Gasteiger partial charge in [-0.15, -0.1) is 0 Å². The molecule has 1 atom stereocenters. The summed E-state index contributed by atoms with van der Waals surface area (Å²) in [6.07, 6.45) is 0. The zero-order valence-corrected chi connectivity index (χ0v) is 11.9. The molecular formula is C15H15Cl2N. The van der Waals surface area contributed by atoms with E-state index in [0.29, 0.717) is 16.1 Å². The molecule has 0 aromatic heterocycles. The fourth-order valence-electron chi connectivity index (χ4n) is 1.84. The summed E-state index contributed by atoms with van der Waals surface area (Å²) in [7, 11) is 1.95. The fourth-order valence-corrected chi connectivity index (χ4v) is 2.36. The average Bonchev–Trinajstić information content (AvgIpc) is 2.38. The van der Waals surface area contributed by atoms with Gasteiger partial charge in [0.15, 0.2) is 0 Å². The summed E-state index contributed by atoms with van der Waals surface area (Å²) < 4.78 is 0. The van der Waals surface area contributed by atoms with E-state index in [0.717, 1.165) is 11.1 Å². The van der Waals surface area contributed by atoms with Crippen LogP contribution in [0.25, 0.3) is 11.1 Å². The van der Waals surface area contributed by atoms with Crippen LogP contribution in [0.2, 0.25) is 10.0 Å². The first kappa shape index (κ1) is 13.4. The van der Waals surface area contributed by atoms with Crippen LogP contribution in [-0.4, -0.2) is 7.05 Å². The zero-order chi connectivity index (χ0) is 13.1. The average molecular weight is 280 g/mol. The lowest BCUT2D eigenvalue weighted by atomic mass is 10.0. The van der Waals surface area contributed by atoms with Crippen LogP contribution in [0.4, 0.5) is 0 Å². The van der Waals surface area contributed by atoms with Crippen LogP contribution >= 0.6 is 23.2 Å². The van der Waals surface area contributed by atoms with Crippen LogP contribution in [0.5, 0.6) is 0 Å². The third-order valence-electron chi connectivity index (χ3n) is 3.09. The van der Waals surface area contributed by atoms with Gasteiger partial charge in [-0.1, -0.05) is 53.5 Å². The third-order valence-corrected chi connectivity index (χ3v) is 3.63. The van der Waals surface area contributed by atoms with E-state index < -0.39 is 0 Å². The Bertz CT molecular complexity index is 535. The zero-order valence-electron chi connectivity index (χ0n) is 10.4. The summed E-state index contributed by atoms with van der Waals surface area (Å²) in [5, 5.41) is 4.55. The Labute approximate surface area is 118 Å². The largest absolute Gasteiger partial charge is 0.313 e. The monoisotopic (exact) mass is 279 g/mol. The number of hydrogen-bond acceptors (Lipinski definition) is 1. The van der Waals surface area contributed by atoms with Gasteiger partial charge in [0.05, 0.1) is 0 Å². The highest BCUT2D eigenvalue weighted by molar-refractivity contribution is 6.36. The number of benzene rings is 2. The quantitative estimate of drug-likeness (QED) is 0.839. The van der Waals surface area contributed by atoms with Crippen LogP contribution < -0.4 is 5.32 Å². The lowest BCUT2D eigenvalue weighted by molar-refractivity contribution is 0.652. The molecule has 0 aliphatic heterocycles. The second kappa shape index (κ2) is 5.75. The van der Waals surface area contributed by atoms with E-state index in [1.54, 1.807) is 6.07 Å². The number of hydrogen-bond donors (Lipinski definition) is 1. The molecule has 0 fully saturated rings. The smallest absolute Gasteiger partial charge is 0.0499 e. The van der Waals surface area contributed by atoms with Gasteiger partial charge in [-0.3, -0.25) is 0 Å². The van der Waals surface area contributed by atoms with E-state index in [4.69, 9.17) is 23.2 Å². The van der Waals surface area contributed by atoms with Crippen molar-refractivity contribution in [1.29, 1.82) is 0 Å². The predicted octanol–water partition coefficient (Wildman–Crippen LogP) is 4.94. The topological polar surface area (TPSA) is 12.0 Å². The minimum atomic E-state index is 0.347. The molecular weight excluding hydrogens is 265 g/mol. The normalized spacial score (nSPS) is 12.4. The molecule has 1 N–H and O–H groups in total. The van der Waals surface area contributed by atoms with Gasteiger partial charge >= 0.3 is 0 Å². The molecule has 0 aliphatic carbocycles. The van der Waals surface area contributed by atoms with E-state index in [9.17, 15) is 0 Å². The molecule has 0 heterocycles. The van der Waals surface area contributed by atoms with Crippen molar-refractivity contribution in [2.75, 3.05) is 7.05 Å². The Hall–Kier alpha value is -1.02. The molecule has 0 saturated carbocycles. The number of halogens is 2. The number of rotatable bonds is 3. The van der Waals surface area contributed by atoms with Gasteiger partial charge in [0.25, 0.3) is 0 Å². The summed E-state index contributed by atoms with van der Waals surface area (Å²) in [5.74, 6) is 0. The molecule has 18 heavy (non-hydrogen) atoms. The van der Waals surface area contributed by atoms with Gasteiger partial charge in [-0.05, 0) is 37.2 Å². The van der Waals surface area contributed by atoms with Gasteiger partial charge in [-0.25, -0.2) is 0 Å². The first-order chi connectivity index (χ1) is 8.61. The van der Waals surface area contributed by atoms with Crippen LogP contribution in [0, 0.1) is 0 Å². The highest BCUT2D eigenvalue weighted by Gasteiger charge is 2.06. The second-order valence-corrected chi connectivity index (χ2v) is 5.10. The Morgan fingerprint density at radius 1 is 1.00 bits per heavy atom. The molecule has 3 heteroatoms.